The maximum absolute atomic E-state index is 11.7. The minimum atomic E-state index is -0.919. The number of rotatable bonds is 9. The summed E-state index contributed by atoms with van der Waals surface area (Å²) in [5.41, 5.74) is 11.0. The van der Waals surface area contributed by atoms with Crippen LogP contribution in [0.4, 0.5) is 0 Å². The fourth-order valence-electron chi connectivity index (χ4n) is 5.84. The molecule has 0 aliphatic rings. The lowest BCUT2D eigenvalue weighted by Crippen LogP contribution is -2.20. The van der Waals surface area contributed by atoms with Gasteiger partial charge in [0.15, 0.2) is 0 Å². The van der Waals surface area contributed by atoms with Crippen molar-refractivity contribution in [2.45, 2.75) is 26.4 Å². The number of aryl methyl sites for hydroxylation is 1. The Bertz CT molecular complexity index is 1880. The van der Waals surface area contributed by atoms with Crippen molar-refractivity contribution < 1.29 is 9.90 Å². The summed E-state index contributed by atoms with van der Waals surface area (Å²) in [7, 11) is 0. The molecule has 0 spiro atoms. The molecule has 0 saturated carbocycles. The fraction of sp³-hybridized carbons (Fsp3) is 0.103. The van der Waals surface area contributed by atoms with E-state index in [1.54, 1.807) is 12.1 Å². The highest BCUT2D eigenvalue weighted by atomic mass is 16.4. The van der Waals surface area contributed by atoms with Gasteiger partial charge in [-0.25, -0.2) is 4.79 Å². The lowest BCUT2D eigenvalue weighted by atomic mass is 9.97. The van der Waals surface area contributed by atoms with Gasteiger partial charge in [0.25, 0.3) is 0 Å². The van der Waals surface area contributed by atoms with Gasteiger partial charge in [0, 0.05) is 28.8 Å². The molecular formula is C39H34N2O2. The number of hydrogen-bond donors (Lipinski definition) is 2. The maximum atomic E-state index is 11.7. The molecule has 0 aliphatic heterocycles. The van der Waals surface area contributed by atoms with Crippen molar-refractivity contribution in [1.82, 2.24) is 9.88 Å². The number of carbonyl (C=O) groups is 1. The second kappa shape index (κ2) is 11.9. The summed E-state index contributed by atoms with van der Waals surface area (Å²) < 4.78 is 2.35. The third-order valence-corrected chi connectivity index (χ3v) is 8.33. The maximum Gasteiger partial charge on any atom is 0.336 e. The number of carboxylic acids is 1. The van der Waals surface area contributed by atoms with Crippen LogP contribution in [0, 0.1) is 13.8 Å². The molecule has 0 bridgehead atoms. The van der Waals surface area contributed by atoms with Crippen LogP contribution in [0.25, 0.3) is 27.7 Å². The molecule has 0 unspecified atom stereocenters. The van der Waals surface area contributed by atoms with E-state index in [9.17, 15) is 9.90 Å². The zero-order valence-corrected chi connectivity index (χ0v) is 24.4. The van der Waals surface area contributed by atoms with Crippen LogP contribution in [0.5, 0.6) is 0 Å². The largest absolute Gasteiger partial charge is 0.478 e. The van der Waals surface area contributed by atoms with E-state index in [1.807, 2.05) is 36.4 Å². The minimum Gasteiger partial charge on any atom is -0.478 e. The Morgan fingerprint density at radius 3 is 2.02 bits per heavy atom. The molecule has 43 heavy (non-hydrogen) atoms. The summed E-state index contributed by atoms with van der Waals surface area (Å²) in [6.45, 7) is 9.51. The molecule has 6 aromatic rings. The summed E-state index contributed by atoms with van der Waals surface area (Å²) in [6, 6.07) is 42.8. The number of aromatic nitrogens is 1. The van der Waals surface area contributed by atoms with E-state index < -0.39 is 5.97 Å². The summed E-state index contributed by atoms with van der Waals surface area (Å²) in [6.07, 6.45) is 0. The molecule has 212 valence electrons. The zero-order valence-electron chi connectivity index (χ0n) is 24.4. The van der Waals surface area contributed by atoms with E-state index in [0.29, 0.717) is 5.56 Å². The van der Waals surface area contributed by atoms with Gasteiger partial charge in [0.05, 0.1) is 11.6 Å². The number of aromatic carboxylic acids is 1. The Morgan fingerprint density at radius 2 is 1.40 bits per heavy atom. The Kier molecular flexibility index (Phi) is 7.67. The van der Waals surface area contributed by atoms with Crippen molar-refractivity contribution in [1.29, 1.82) is 0 Å². The predicted molar refractivity (Wildman–Crippen MR) is 176 cm³/mol. The summed E-state index contributed by atoms with van der Waals surface area (Å²) in [5.74, 6) is -0.919. The molecule has 0 atom stereocenters. The van der Waals surface area contributed by atoms with Gasteiger partial charge >= 0.3 is 5.97 Å². The molecule has 0 radical (unpaired) electrons. The normalized spacial score (nSPS) is 11.1. The highest BCUT2D eigenvalue weighted by Crippen LogP contribution is 2.31. The third-order valence-electron chi connectivity index (χ3n) is 8.33. The number of carboxylic acid groups (broad SMARTS) is 1. The van der Waals surface area contributed by atoms with Gasteiger partial charge in [-0.15, -0.1) is 0 Å². The van der Waals surface area contributed by atoms with Crippen LogP contribution in [0.2, 0.25) is 0 Å². The second-order valence-corrected chi connectivity index (χ2v) is 11.0. The summed E-state index contributed by atoms with van der Waals surface area (Å²) in [5, 5.41) is 14.5. The van der Waals surface area contributed by atoms with Crippen molar-refractivity contribution in [2.24, 2.45) is 0 Å². The number of hydrogen-bond acceptors (Lipinski definition) is 2. The molecule has 4 nitrogen and oxygen atoms in total. The first-order valence-corrected chi connectivity index (χ1v) is 14.5. The zero-order chi connectivity index (χ0) is 29.9. The van der Waals surface area contributed by atoms with Crippen LogP contribution in [0.1, 0.15) is 49.9 Å². The lowest BCUT2D eigenvalue weighted by Gasteiger charge is -2.23. The first-order chi connectivity index (χ1) is 20.9. The first kappa shape index (κ1) is 27.8. The quantitative estimate of drug-likeness (QED) is 0.185. The molecule has 1 heterocycles. The average molecular weight is 563 g/mol. The number of nitrogens with one attached hydrogen (secondary N) is 1. The highest BCUT2D eigenvalue weighted by molar-refractivity contribution is 5.96. The predicted octanol–water partition coefficient (Wildman–Crippen LogP) is 9.02. The molecular weight excluding hydrogens is 528 g/mol. The first-order valence-electron chi connectivity index (χ1n) is 14.5. The molecule has 4 heteroatoms. The van der Waals surface area contributed by atoms with Crippen molar-refractivity contribution >= 4 is 22.6 Å². The van der Waals surface area contributed by atoms with Crippen molar-refractivity contribution in [2.75, 3.05) is 0 Å². The highest BCUT2D eigenvalue weighted by Gasteiger charge is 2.17. The monoisotopic (exact) mass is 562 g/mol. The summed E-state index contributed by atoms with van der Waals surface area (Å²) >= 11 is 0. The standard InChI is InChI=1S/C39H34N2O2/c1-26-28(3)41(25-29-18-20-30(21-19-29)34-16-10-11-17-35(34)39(42)43)37-23-22-33(24-36(26)37)27(2)40-38(31-12-6-4-7-13-31)32-14-8-5-9-15-32/h4-24,38,40H,2,25H2,1,3H3,(H,42,43). The van der Waals surface area contributed by atoms with Gasteiger partial charge < -0.3 is 15.0 Å². The summed E-state index contributed by atoms with van der Waals surface area (Å²) in [4.78, 5) is 11.7. The van der Waals surface area contributed by atoms with Crippen LogP contribution >= 0.6 is 0 Å². The Morgan fingerprint density at radius 1 is 0.791 bits per heavy atom. The molecule has 1 aromatic heterocycles. The van der Waals surface area contributed by atoms with Crippen molar-refractivity contribution in [3.63, 3.8) is 0 Å². The van der Waals surface area contributed by atoms with Gasteiger partial charge in [0.1, 0.15) is 0 Å². The second-order valence-electron chi connectivity index (χ2n) is 11.0. The van der Waals surface area contributed by atoms with Crippen LogP contribution in [0.3, 0.4) is 0 Å². The van der Waals surface area contributed by atoms with Crippen LogP contribution in [0.15, 0.2) is 134 Å². The van der Waals surface area contributed by atoms with E-state index >= 15 is 0 Å². The van der Waals surface area contributed by atoms with Gasteiger partial charge in [-0.2, -0.15) is 0 Å². The molecule has 0 amide bonds. The Hall–Kier alpha value is -5.35. The van der Waals surface area contributed by atoms with E-state index in [4.69, 9.17) is 0 Å². The molecule has 5 aromatic carbocycles. The average Bonchev–Trinajstić information content (AvgIpc) is 3.28. The van der Waals surface area contributed by atoms with Gasteiger partial charge in [-0.05, 0) is 71.0 Å². The fourth-order valence-corrected chi connectivity index (χ4v) is 5.84. The molecule has 0 fully saturated rings. The van der Waals surface area contributed by atoms with Crippen LogP contribution in [-0.2, 0) is 6.54 Å². The number of benzene rings is 5. The van der Waals surface area contributed by atoms with E-state index in [0.717, 1.165) is 34.5 Å². The lowest BCUT2D eigenvalue weighted by molar-refractivity contribution is 0.0697. The van der Waals surface area contributed by atoms with E-state index in [-0.39, 0.29) is 6.04 Å². The Labute approximate surface area is 252 Å². The van der Waals surface area contributed by atoms with Gasteiger partial charge in [-0.1, -0.05) is 116 Å². The molecule has 2 N–H and O–H groups in total. The minimum absolute atomic E-state index is 0.0107. The van der Waals surface area contributed by atoms with Gasteiger partial charge in [-0.3, -0.25) is 0 Å². The molecule has 6 rings (SSSR count). The smallest absolute Gasteiger partial charge is 0.336 e. The number of nitrogens with zero attached hydrogens (tertiary/aromatic N) is 1. The SMILES string of the molecule is C=C(NC(c1ccccc1)c1ccccc1)c1ccc2c(c1)c(C)c(C)n2Cc1ccc(-c2ccccc2C(=O)O)cc1. The van der Waals surface area contributed by atoms with Crippen molar-refractivity contribution in [3.8, 4) is 11.1 Å². The topological polar surface area (TPSA) is 54.3 Å². The van der Waals surface area contributed by atoms with Crippen LogP contribution in [-0.4, -0.2) is 15.6 Å². The number of fused-ring (bicyclic) bond motifs is 1. The van der Waals surface area contributed by atoms with Crippen molar-refractivity contribution in [3.05, 3.63) is 173 Å². The Balaban J connectivity index is 1.27. The third kappa shape index (κ3) is 5.60. The van der Waals surface area contributed by atoms with E-state index in [1.165, 1.54) is 33.3 Å². The molecule has 0 aliphatic carbocycles. The van der Waals surface area contributed by atoms with Crippen LogP contribution < -0.4 is 5.32 Å². The molecule has 0 saturated heterocycles. The van der Waals surface area contributed by atoms with Gasteiger partial charge in [0.2, 0.25) is 0 Å². The van der Waals surface area contributed by atoms with E-state index in [2.05, 4.69) is 109 Å².